The van der Waals surface area contributed by atoms with Crippen molar-refractivity contribution in [1.82, 2.24) is 10.6 Å². The van der Waals surface area contributed by atoms with Gasteiger partial charge in [0.1, 0.15) is 0 Å². The number of nitrogens with one attached hydrogen (secondary N) is 4. The van der Waals surface area contributed by atoms with Gasteiger partial charge in [-0.3, -0.25) is 20.2 Å². The third-order valence-corrected chi connectivity index (χ3v) is 8.10. The fraction of sp³-hybridized carbons (Fsp3) is 0.161. The van der Waals surface area contributed by atoms with E-state index in [2.05, 4.69) is 67.5 Å². The van der Waals surface area contributed by atoms with E-state index in [9.17, 15) is 20.2 Å². The van der Waals surface area contributed by atoms with Crippen LogP contribution < -0.4 is 31.1 Å². The number of nitro groups is 2. The number of hydrogen-bond donors (Lipinski definition) is 4. The predicted octanol–water partition coefficient (Wildman–Crippen LogP) is 5.77. The first-order chi connectivity index (χ1) is 21.7. The van der Waals surface area contributed by atoms with Gasteiger partial charge in [0.15, 0.2) is 10.2 Å². The van der Waals surface area contributed by atoms with Gasteiger partial charge >= 0.3 is 0 Å². The summed E-state index contributed by atoms with van der Waals surface area (Å²) in [5.41, 5.74) is 8.53. The Labute approximate surface area is 269 Å². The molecule has 2 aliphatic heterocycles. The fourth-order valence-electron chi connectivity index (χ4n) is 5.46. The zero-order chi connectivity index (χ0) is 31.5. The third-order valence-electron chi connectivity index (χ3n) is 7.61. The van der Waals surface area contributed by atoms with Crippen molar-refractivity contribution < 1.29 is 9.85 Å². The topological polar surface area (TPSA) is 141 Å². The summed E-state index contributed by atoms with van der Waals surface area (Å²) in [6.07, 6.45) is 0. The summed E-state index contributed by atoms with van der Waals surface area (Å²) < 4.78 is 0. The first-order valence-electron chi connectivity index (χ1n) is 14.0. The van der Waals surface area contributed by atoms with Crippen LogP contribution in [0.5, 0.6) is 0 Å². The van der Waals surface area contributed by atoms with Crippen LogP contribution in [0.15, 0.2) is 84.9 Å². The lowest BCUT2D eigenvalue weighted by atomic mass is 9.98. The molecule has 4 aromatic carbocycles. The molecule has 0 radical (unpaired) electrons. The molecule has 0 saturated heterocycles. The molecule has 2 aliphatic rings. The van der Waals surface area contributed by atoms with Crippen LogP contribution in [0.25, 0.3) is 0 Å². The molecule has 228 valence electrons. The van der Waals surface area contributed by atoms with E-state index in [-0.39, 0.29) is 11.4 Å². The van der Waals surface area contributed by atoms with Crippen LogP contribution in [0, 0.1) is 20.2 Å². The number of rotatable bonds is 8. The second-order valence-corrected chi connectivity index (χ2v) is 11.5. The van der Waals surface area contributed by atoms with Crippen molar-refractivity contribution in [3.63, 3.8) is 0 Å². The van der Waals surface area contributed by atoms with Gasteiger partial charge in [-0.05, 0) is 83.1 Å². The van der Waals surface area contributed by atoms with Crippen LogP contribution in [0.1, 0.15) is 22.3 Å². The summed E-state index contributed by atoms with van der Waals surface area (Å²) >= 11 is 10.9. The molecule has 2 bridgehead atoms. The summed E-state index contributed by atoms with van der Waals surface area (Å²) in [7, 11) is 0. The van der Waals surface area contributed by atoms with Crippen molar-refractivity contribution in [1.29, 1.82) is 0 Å². The molecule has 14 heteroatoms. The summed E-state index contributed by atoms with van der Waals surface area (Å²) in [5.74, 6) is 0. The normalized spacial score (nSPS) is 12.8. The standard InChI is InChI=1S/C31H28N8O4S2/c40-38(41)26-7-3-24(4-8-26)34-30(44)32-15-20-1-11-28-22(13-20)17-37-19-36(28)18-23-14-21(2-12-29(23)37)16-33-31(45)35-25-5-9-27(10-6-25)39(42)43/h1-14H,15-19H2,(H2,32,34,44)(H2,33,35,45). The Morgan fingerprint density at radius 1 is 0.644 bits per heavy atom. The molecule has 0 unspecified atom stereocenters. The Bertz CT molecular complexity index is 1670. The molecule has 4 aromatic rings. The van der Waals surface area contributed by atoms with Gasteiger partial charge in [0, 0.05) is 73.2 Å². The van der Waals surface area contributed by atoms with E-state index in [0.717, 1.165) is 30.9 Å². The lowest BCUT2D eigenvalue weighted by Gasteiger charge is -2.45. The van der Waals surface area contributed by atoms with Crippen LogP contribution in [-0.2, 0) is 26.2 Å². The average molecular weight is 641 g/mol. The maximum atomic E-state index is 10.9. The van der Waals surface area contributed by atoms with Gasteiger partial charge in [0.05, 0.1) is 16.5 Å². The summed E-state index contributed by atoms with van der Waals surface area (Å²) in [5, 5.41) is 35.2. The Hall–Kier alpha value is -5.34. The van der Waals surface area contributed by atoms with E-state index in [4.69, 9.17) is 24.4 Å². The van der Waals surface area contributed by atoms with Crippen LogP contribution in [0.3, 0.4) is 0 Å². The van der Waals surface area contributed by atoms with Crippen LogP contribution in [0.4, 0.5) is 34.1 Å². The zero-order valence-corrected chi connectivity index (χ0v) is 25.5. The molecule has 0 atom stereocenters. The van der Waals surface area contributed by atoms with E-state index < -0.39 is 9.85 Å². The highest BCUT2D eigenvalue weighted by molar-refractivity contribution is 7.80. The van der Waals surface area contributed by atoms with E-state index in [1.807, 2.05) is 0 Å². The number of hydrogen-bond acceptors (Lipinski definition) is 8. The summed E-state index contributed by atoms with van der Waals surface area (Å²) in [4.78, 5) is 25.6. The molecule has 0 saturated carbocycles. The van der Waals surface area contributed by atoms with Crippen molar-refractivity contribution >= 4 is 68.8 Å². The van der Waals surface area contributed by atoms with Crippen molar-refractivity contribution in [3.05, 3.63) is 127 Å². The highest BCUT2D eigenvalue weighted by Crippen LogP contribution is 2.38. The van der Waals surface area contributed by atoms with Gasteiger partial charge in [-0.1, -0.05) is 24.3 Å². The molecular formula is C31H28N8O4S2. The maximum absolute atomic E-state index is 10.9. The van der Waals surface area contributed by atoms with Crippen LogP contribution in [0.2, 0.25) is 0 Å². The number of fused-ring (bicyclic) bond motifs is 6. The Morgan fingerprint density at radius 2 is 1.04 bits per heavy atom. The first kappa shape index (κ1) is 29.7. The highest BCUT2D eigenvalue weighted by atomic mass is 32.1. The van der Waals surface area contributed by atoms with Gasteiger partial charge in [-0.25, -0.2) is 0 Å². The van der Waals surface area contributed by atoms with Gasteiger partial charge in [-0.15, -0.1) is 0 Å². The second kappa shape index (κ2) is 12.7. The van der Waals surface area contributed by atoms with E-state index in [1.165, 1.54) is 46.8 Å². The molecule has 0 aromatic heterocycles. The van der Waals surface area contributed by atoms with Gasteiger partial charge in [0.25, 0.3) is 11.4 Å². The molecule has 2 heterocycles. The van der Waals surface area contributed by atoms with Crippen LogP contribution >= 0.6 is 24.4 Å². The van der Waals surface area contributed by atoms with Crippen molar-refractivity contribution in [3.8, 4) is 0 Å². The lowest BCUT2D eigenvalue weighted by molar-refractivity contribution is -0.385. The molecule has 45 heavy (non-hydrogen) atoms. The minimum Gasteiger partial charge on any atom is -0.358 e. The van der Waals surface area contributed by atoms with Crippen molar-refractivity contribution in [2.75, 3.05) is 27.1 Å². The van der Waals surface area contributed by atoms with Crippen molar-refractivity contribution in [2.45, 2.75) is 26.2 Å². The minimum atomic E-state index is -0.434. The molecule has 0 aliphatic carbocycles. The Kier molecular flexibility index (Phi) is 8.40. The third kappa shape index (κ3) is 6.92. The molecule has 4 N–H and O–H groups in total. The quantitative estimate of drug-likeness (QED) is 0.106. The van der Waals surface area contributed by atoms with E-state index >= 15 is 0 Å². The van der Waals surface area contributed by atoms with Gasteiger partial charge in [0.2, 0.25) is 0 Å². The number of thiocarbonyl (C=S) groups is 2. The Morgan fingerprint density at radius 3 is 1.42 bits per heavy atom. The van der Waals surface area contributed by atoms with Crippen molar-refractivity contribution in [2.24, 2.45) is 0 Å². The number of benzene rings is 4. The number of nitrogens with zero attached hydrogens (tertiary/aromatic N) is 4. The number of non-ortho nitro benzene ring substituents is 2. The predicted molar refractivity (Wildman–Crippen MR) is 182 cm³/mol. The number of anilines is 4. The second-order valence-electron chi connectivity index (χ2n) is 10.7. The fourth-order valence-corrected chi connectivity index (χ4v) is 5.84. The smallest absolute Gasteiger partial charge is 0.269 e. The maximum Gasteiger partial charge on any atom is 0.269 e. The monoisotopic (exact) mass is 640 g/mol. The van der Waals surface area contributed by atoms with E-state index in [1.54, 1.807) is 24.3 Å². The molecular weight excluding hydrogens is 613 g/mol. The highest BCUT2D eigenvalue weighted by Gasteiger charge is 2.29. The van der Waals surface area contributed by atoms with Gasteiger partial charge < -0.3 is 31.1 Å². The molecule has 0 fully saturated rings. The first-order valence-corrected chi connectivity index (χ1v) is 14.9. The Balaban J connectivity index is 1.04. The van der Waals surface area contributed by atoms with E-state index in [0.29, 0.717) is 34.7 Å². The number of nitro benzene ring substituents is 2. The molecule has 6 rings (SSSR count). The summed E-state index contributed by atoms with van der Waals surface area (Å²) in [6, 6.07) is 25.2. The largest absolute Gasteiger partial charge is 0.358 e. The SMILES string of the molecule is O=[N+]([O-])c1ccc(NC(=S)NCc2ccc3c(c2)CN2CN3Cc3cc(CNC(=S)Nc4ccc([N+](=O)[O-])cc4)ccc32)cc1. The van der Waals surface area contributed by atoms with Crippen LogP contribution in [-0.4, -0.2) is 26.7 Å². The molecule has 0 amide bonds. The lowest BCUT2D eigenvalue weighted by Crippen LogP contribution is -2.46. The van der Waals surface area contributed by atoms with Gasteiger partial charge in [-0.2, -0.15) is 0 Å². The molecule has 0 spiro atoms. The molecule has 12 nitrogen and oxygen atoms in total. The minimum absolute atomic E-state index is 0.0285. The summed E-state index contributed by atoms with van der Waals surface area (Å²) in [6.45, 7) is 3.49. The zero-order valence-electron chi connectivity index (χ0n) is 23.9. The average Bonchev–Trinajstić information content (AvgIpc) is 3.03.